The van der Waals surface area contributed by atoms with Crippen molar-refractivity contribution in [3.05, 3.63) is 34.6 Å². The SMILES string of the molecule is CC(Br)CC(C)NC(=O)c1ccc(F)c(Cl)c1. The molecule has 5 heteroatoms. The monoisotopic (exact) mass is 321 g/mol. The third-order valence-corrected chi connectivity index (χ3v) is 2.90. The molecule has 0 aromatic heterocycles. The molecule has 2 atom stereocenters. The zero-order valence-electron chi connectivity index (χ0n) is 9.64. The van der Waals surface area contributed by atoms with E-state index in [-0.39, 0.29) is 17.0 Å². The molecule has 0 aliphatic heterocycles. The fourth-order valence-corrected chi connectivity index (χ4v) is 2.23. The molecule has 1 rings (SSSR count). The van der Waals surface area contributed by atoms with Crippen LogP contribution in [0.15, 0.2) is 18.2 Å². The van der Waals surface area contributed by atoms with Gasteiger partial charge in [0.05, 0.1) is 5.02 Å². The molecule has 1 aromatic rings. The molecule has 0 aliphatic rings. The van der Waals surface area contributed by atoms with Crippen molar-refractivity contribution in [1.29, 1.82) is 0 Å². The molecule has 0 bridgehead atoms. The Morgan fingerprint density at radius 1 is 1.53 bits per heavy atom. The van der Waals surface area contributed by atoms with E-state index in [0.29, 0.717) is 10.4 Å². The quantitative estimate of drug-likeness (QED) is 0.840. The van der Waals surface area contributed by atoms with Crippen LogP contribution in [0.4, 0.5) is 4.39 Å². The van der Waals surface area contributed by atoms with Gasteiger partial charge >= 0.3 is 0 Å². The van der Waals surface area contributed by atoms with Crippen molar-refractivity contribution in [2.75, 3.05) is 0 Å². The number of halogens is 3. The summed E-state index contributed by atoms with van der Waals surface area (Å²) < 4.78 is 12.9. The lowest BCUT2D eigenvalue weighted by molar-refractivity contribution is 0.0938. The van der Waals surface area contributed by atoms with Crippen LogP contribution in [-0.4, -0.2) is 16.8 Å². The number of rotatable bonds is 4. The fourth-order valence-electron chi connectivity index (χ4n) is 1.49. The first-order valence-electron chi connectivity index (χ1n) is 5.30. The van der Waals surface area contributed by atoms with Crippen molar-refractivity contribution in [2.24, 2.45) is 0 Å². The topological polar surface area (TPSA) is 29.1 Å². The van der Waals surface area contributed by atoms with Crippen molar-refractivity contribution < 1.29 is 9.18 Å². The van der Waals surface area contributed by atoms with Crippen molar-refractivity contribution in [1.82, 2.24) is 5.32 Å². The van der Waals surface area contributed by atoms with E-state index in [4.69, 9.17) is 11.6 Å². The lowest BCUT2D eigenvalue weighted by atomic mass is 10.1. The highest BCUT2D eigenvalue weighted by Crippen LogP contribution is 2.16. The predicted octanol–water partition coefficient (Wildman–Crippen LogP) is 3.77. The molecule has 0 heterocycles. The van der Waals surface area contributed by atoms with Crippen LogP contribution in [0, 0.1) is 5.82 Å². The van der Waals surface area contributed by atoms with Crippen LogP contribution in [0.2, 0.25) is 5.02 Å². The van der Waals surface area contributed by atoms with Gasteiger partial charge in [-0.15, -0.1) is 0 Å². The molecule has 2 unspecified atom stereocenters. The molecule has 1 aromatic carbocycles. The molecule has 1 amide bonds. The Kier molecular flexibility index (Phi) is 5.40. The summed E-state index contributed by atoms with van der Waals surface area (Å²) in [5, 5.41) is 2.78. The lowest BCUT2D eigenvalue weighted by Crippen LogP contribution is -2.33. The van der Waals surface area contributed by atoms with Gasteiger partial charge in [0.2, 0.25) is 0 Å². The minimum Gasteiger partial charge on any atom is -0.350 e. The predicted molar refractivity (Wildman–Crippen MR) is 71.3 cm³/mol. The highest BCUT2D eigenvalue weighted by Gasteiger charge is 2.12. The Labute approximate surface area is 114 Å². The first kappa shape index (κ1) is 14.5. The van der Waals surface area contributed by atoms with Gasteiger partial charge in [-0.2, -0.15) is 0 Å². The maximum atomic E-state index is 12.9. The van der Waals surface area contributed by atoms with Gasteiger partial charge < -0.3 is 5.32 Å². The molecule has 0 saturated heterocycles. The molecule has 1 N–H and O–H groups in total. The highest BCUT2D eigenvalue weighted by molar-refractivity contribution is 9.09. The Hall–Kier alpha value is -0.610. The summed E-state index contributed by atoms with van der Waals surface area (Å²) in [4.78, 5) is 12.1. The Morgan fingerprint density at radius 2 is 2.18 bits per heavy atom. The smallest absolute Gasteiger partial charge is 0.251 e. The van der Waals surface area contributed by atoms with E-state index in [1.54, 1.807) is 0 Å². The van der Waals surface area contributed by atoms with Crippen LogP contribution in [-0.2, 0) is 0 Å². The second-order valence-corrected chi connectivity index (χ2v) is 5.99. The zero-order valence-corrected chi connectivity index (χ0v) is 12.0. The van der Waals surface area contributed by atoms with Crippen LogP contribution in [0.5, 0.6) is 0 Å². The Morgan fingerprint density at radius 3 is 2.71 bits per heavy atom. The standard InChI is InChI=1S/C12H14BrClFNO/c1-7(13)5-8(2)16-12(17)9-3-4-11(15)10(14)6-9/h3-4,6-8H,5H2,1-2H3,(H,16,17). The molecule has 94 valence electrons. The van der Waals surface area contributed by atoms with E-state index in [9.17, 15) is 9.18 Å². The summed E-state index contributed by atoms with van der Waals surface area (Å²) in [6, 6.07) is 3.98. The van der Waals surface area contributed by atoms with E-state index in [1.807, 2.05) is 13.8 Å². The van der Waals surface area contributed by atoms with E-state index < -0.39 is 5.82 Å². The number of hydrogen-bond acceptors (Lipinski definition) is 1. The van der Waals surface area contributed by atoms with Gasteiger partial charge in [-0.25, -0.2) is 4.39 Å². The number of benzene rings is 1. The average Bonchev–Trinajstić information content (AvgIpc) is 2.20. The molecular weight excluding hydrogens is 308 g/mol. The number of alkyl halides is 1. The summed E-state index contributed by atoms with van der Waals surface area (Å²) in [6.45, 7) is 3.93. The van der Waals surface area contributed by atoms with Gasteiger partial charge in [-0.05, 0) is 31.5 Å². The molecule has 0 fully saturated rings. The normalized spacial score (nSPS) is 14.2. The summed E-state index contributed by atoms with van der Waals surface area (Å²) in [5.74, 6) is -0.766. The lowest BCUT2D eigenvalue weighted by Gasteiger charge is -2.15. The number of carbonyl (C=O) groups is 1. The fraction of sp³-hybridized carbons (Fsp3) is 0.417. The Balaban J connectivity index is 2.66. The molecule has 0 radical (unpaired) electrons. The highest BCUT2D eigenvalue weighted by atomic mass is 79.9. The van der Waals surface area contributed by atoms with Crippen molar-refractivity contribution in [3.63, 3.8) is 0 Å². The van der Waals surface area contributed by atoms with Gasteiger partial charge in [0, 0.05) is 16.4 Å². The number of carbonyl (C=O) groups excluding carboxylic acids is 1. The van der Waals surface area contributed by atoms with E-state index in [2.05, 4.69) is 21.2 Å². The molecule has 0 spiro atoms. The van der Waals surface area contributed by atoms with Crippen molar-refractivity contribution >= 4 is 33.4 Å². The molecule has 0 aliphatic carbocycles. The summed E-state index contributed by atoms with van der Waals surface area (Å²) in [6.07, 6.45) is 0.820. The van der Waals surface area contributed by atoms with Gasteiger partial charge in [0.1, 0.15) is 5.82 Å². The first-order valence-corrected chi connectivity index (χ1v) is 6.59. The van der Waals surface area contributed by atoms with Crippen LogP contribution in [0.25, 0.3) is 0 Å². The third-order valence-electron chi connectivity index (χ3n) is 2.24. The van der Waals surface area contributed by atoms with Gasteiger partial charge in [0.15, 0.2) is 0 Å². The summed E-state index contributed by atoms with van der Waals surface area (Å²) >= 11 is 9.04. The minimum absolute atomic E-state index is 0.0423. The van der Waals surface area contributed by atoms with E-state index >= 15 is 0 Å². The van der Waals surface area contributed by atoms with Gasteiger partial charge in [-0.1, -0.05) is 34.5 Å². The zero-order chi connectivity index (χ0) is 13.0. The second kappa shape index (κ2) is 6.36. The van der Waals surface area contributed by atoms with Crippen LogP contribution < -0.4 is 5.32 Å². The van der Waals surface area contributed by atoms with Crippen LogP contribution in [0.3, 0.4) is 0 Å². The molecule has 17 heavy (non-hydrogen) atoms. The molecule has 0 saturated carbocycles. The summed E-state index contributed by atoms with van der Waals surface area (Å²) in [5.41, 5.74) is 0.366. The van der Waals surface area contributed by atoms with E-state index in [1.165, 1.54) is 18.2 Å². The summed E-state index contributed by atoms with van der Waals surface area (Å²) in [7, 11) is 0. The van der Waals surface area contributed by atoms with Crippen molar-refractivity contribution in [3.8, 4) is 0 Å². The number of hydrogen-bond donors (Lipinski definition) is 1. The number of nitrogens with one attached hydrogen (secondary N) is 1. The number of amides is 1. The van der Waals surface area contributed by atoms with Gasteiger partial charge in [0.25, 0.3) is 5.91 Å². The maximum Gasteiger partial charge on any atom is 0.251 e. The Bertz CT molecular complexity index is 411. The average molecular weight is 323 g/mol. The van der Waals surface area contributed by atoms with Crippen molar-refractivity contribution in [2.45, 2.75) is 31.1 Å². The molecular formula is C12H14BrClFNO. The van der Waals surface area contributed by atoms with E-state index in [0.717, 1.165) is 6.42 Å². The van der Waals surface area contributed by atoms with Crippen LogP contribution in [0.1, 0.15) is 30.6 Å². The maximum absolute atomic E-state index is 12.9. The largest absolute Gasteiger partial charge is 0.350 e. The first-order chi connectivity index (χ1) is 7.90. The van der Waals surface area contributed by atoms with Gasteiger partial charge in [-0.3, -0.25) is 4.79 Å². The second-order valence-electron chi connectivity index (χ2n) is 4.02. The minimum atomic E-state index is -0.523. The third kappa shape index (κ3) is 4.64. The molecule has 2 nitrogen and oxygen atoms in total. The van der Waals surface area contributed by atoms with Crippen LogP contribution >= 0.6 is 27.5 Å².